The number of nitrogens with one attached hydrogen (secondary N) is 2. The van der Waals surface area contributed by atoms with Gasteiger partial charge in [-0.15, -0.1) is 0 Å². The highest BCUT2D eigenvalue weighted by Gasteiger charge is 2.15. The first-order valence-electron chi connectivity index (χ1n) is 6.73. The SMILES string of the molecule is CC(NCCNC(=O)OC(C)(C)C)c1cccc(Cl)c1. The van der Waals surface area contributed by atoms with Gasteiger partial charge in [-0.25, -0.2) is 4.79 Å². The molecule has 0 spiro atoms. The Balaban J connectivity index is 2.26. The minimum Gasteiger partial charge on any atom is -0.444 e. The van der Waals surface area contributed by atoms with Crippen molar-refractivity contribution < 1.29 is 9.53 Å². The smallest absolute Gasteiger partial charge is 0.407 e. The predicted octanol–water partition coefficient (Wildman–Crippen LogP) is 3.52. The monoisotopic (exact) mass is 298 g/mol. The van der Waals surface area contributed by atoms with E-state index in [1.807, 2.05) is 45.0 Å². The third-order valence-corrected chi connectivity index (χ3v) is 2.83. The number of amides is 1. The molecule has 1 unspecified atom stereocenters. The lowest BCUT2D eigenvalue weighted by Gasteiger charge is -2.20. The number of halogens is 1. The summed E-state index contributed by atoms with van der Waals surface area (Å²) in [5, 5.41) is 6.75. The van der Waals surface area contributed by atoms with E-state index in [0.717, 1.165) is 10.6 Å². The Morgan fingerprint density at radius 1 is 1.35 bits per heavy atom. The fraction of sp³-hybridized carbons (Fsp3) is 0.533. The van der Waals surface area contributed by atoms with Crippen LogP contribution >= 0.6 is 11.6 Å². The van der Waals surface area contributed by atoms with Crippen LogP contribution in [0, 0.1) is 0 Å². The van der Waals surface area contributed by atoms with Crippen LogP contribution in [-0.4, -0.2) is 24.8 Å². The molecule has 0 aliphatic carbocycles. The summed E-state index contributed by atoms with van der Waals surface area (Å²) in [5.74, 6) is 0. The number of hydrogen-bond acceptors (Lipinski definition) is 3. The number of carbonyl (C=O) groups excluding carboxylic acids is 1. The van der Waals surface area contributed by atoms with E-state index in [4.69, 9.17) is 16.3 Å². The van der Waals surface area contributed by atoms with Crippen molar-refractivity contribution in [2.24, 2.45) is 0 Å². The summed E-state index contributed by atoms with van der Waals surface area (Å²) in [4.78, 5) is 11.4. The van der Waals surface area contributed by atoms with Gasteiger partial charge in [0.2, 0.25) is 0 Å². The molecule has 2 N–H and O–H groups in total. The van der Waals surface area contributed by atoms with E-state index in [0.29, 0.717) is 13.1 Å². The van der Waals surface area contributed by atoms with Crippen LogP contribution in [0.4, 0.5) is 4.79 Å². The van der Waals surface area contributed by atoms with Crippen LogP contribution in [0.25, 0.3) is 0 Å². The molecule has 1 aromatic carbocycles. The third-order valence-electron chi connectivity index (χ3n) is 2.59. The highest BCUT2D eigenvalue weighted by Crippen LogP contribution is 2.16. The normalized spacial score (nSPS) is 12.8. The number of alkyl carbamates (subject to hydrolysis) is 1. The van der Waals surface area contributed by atoms with Crippen LogP contribution < -0.4 is 10.6 Å². The first-order chi connectivity index (χ1) is 9.28. The first-order valence-corrected chi connectivity index (χ1v) is 7.11. The average Bonchev–Trinajstić information content (AvgIpc) is 2.32. The molecule has 1 rings (SSSR count). The van der Waals surface area contributed by atoms with Crippen LogP contribution in [0.5, 0.6) is 0 Å². The largest absolute Gasteiger partial charge is 0.444 e. The summed E-state index contributed by atoms with van der Waals surface area (Å²) in [6, 6.07) is 7.90. The fourth-order valence-corrected chi connectivity index (χ4v) is 1.86. The number of carbonyl (C=O) groups is 1. The van der Waals surface area contributed by atoms with Crippen LogP contribution in [0.15, 0.2) is 24.3 Å². The molecule has 1 aromatic rings. The molecule has 0 saturated heterocycles. The summed E-state index contributed by atoms with van der Waals surface area (Å²) in [7, 11) is 0. The summed E-state index contributed by atoms with van der Waals surface area (Å²) in [5.41, 5.74) is 0.653. The second-order valence-electron chi connectivity index (χ2n) is 5.66. The van der Waals surface area contributed by atoms with Gasteiger partial charge >= 0.3 is 6.09 Å². The molecule has 0 aliphatic rings. The van der Waals surface area contributed by atoms with E-state index in [9.17, 15) is 4.79 Å². The molecule has 1 atom stereocenters. The predicted molar refractivity (Wildman–Crippen MR) is 82.1 cm³/mol. The number of benzene rings is 1. The molecule has 5 heteroatoms. The van der Waals surface area contributed by atoms with Crippen molar-refractivity contribution in [3.05, 3.63) is 34.9 Å². The highest BCUT2D eigenvalue weighted by atomic mass is 35.5. The fourth-order valence-electron chi connectivity index (χ4n) is 1.66. The lowest BCUT2D eigenvalue weighted by Crippen LogP contribution is -2.36. The lowest BCUT2D eigenvalue weighted by molar-refractivity contribution is 0.0528. The van der Waals surface area contributed by atoms with E-state index in [1.165, 1.54) is 0 Å². The van der Waals surface area contributed by atoms with Gasteiger partial charge in [0.25, 0.3) is 0 Å². The second kappa shape index (κ2) is 7.50. The van der Waals surface area contributed by atoms with Crippen molar-refractivity contribution in [1.82, 2.24) is 10.6 Å². The molecule has 0 heterocycles. The van der Waals surface area contributed by atoms with Gasteiger partial charge in [0.15, 0.2) is 0 Å². The van der Waals surface area contributed by atoms with E-state index in [-0.39, 0.29) is 6.04 Å². The van der Waals surface area contributed by atoms with Gasteiger partial charge in [0, 0.05) is 24.2 Å². The maximum absolute atomic E-state index is 11.4. The maximum Gasteiger partial charge on any atom is 0.407 e. The van der Waals surface area contributed by atoms with Crippen LogP contribution in [0.3, 0.4) is 0 Å². The molecule has 0 bridgehead atoms. The number of rotatable bonds is 5. The minimum absolute atomic E-state index is 0.175. The Hall–Kier alpha value is -1.26. The van der Waals surface area contributed by atoms with Gasteiger partial charge in [-0.05, 0) is 45.4 Å². The standard InChI is InChI=1S/C15H23ClN2O2/c1-11(12-6-5-7-13(16)10-12)17-8-9-18-14(19)20-15(2,3)4/h5-7,10-11,17H,8-9H2,1-4H3,(H,18,19). The molecule has 0 aliphatic heterocycles. The zero-order chi connectivity index (χ0) is 15.2. The Morgan fingerprint density at radius 2 is 2.05 bits per heavy atom. The minimum atomic E-state index is -0.467. The van der Waals surface area contributed by atoms with Crippen LogP contribution in [-0.2, 0) is 4.74 Å². The molecule has 0 radical (unpaired) electrons. The molecular formula is C15H23ClN2O2. The molecule has 0 aromatic heterocycles. The van der Waals surface area contributed by atoms with Gasteiger partial charge in [0.05, 0.1) is 0 Å². The van der Waals surface area contributed by atoms with Crippen molar-refractivity contribution in [2.45, 2.75) is 39.3 Å². The highest BCUT2D eigenvalue weighted by molar-refractivity contribution is 6.30. The van der Waals surface area contributed by atoms with Crippen molar-refractivity contribution in [1.29, 1.82) is 0 Å². The van der Waals surface area contributed by atoms with Crippen molar-refractivity contribution in [2.75, 3.05) is 13.1 Å². The zero-order valence-corrected chi connectivity index (χ0v) is 13.3. The molecule has 4 nitrogen and oxygen atoms in total. The van der Waals surface area contributed by atoms with Crippen molar-refractivity contribution in [3.63, 3.8) is 0 Å². The maximum atomic E-state index is 11.4. The molecule has 0 fully saturated rings. The lowest BCUT2D eigenvalue weighted by atomic mass is 10.1. The van der Waals surface area contributed by atoms with Gasteiger partial charge in [-0.1, -0.05) is 23.7 Å². The number of hydrogen-bond donors (Lipinski definition) is 2. The first kappa shape index (κ1) is 16.8. The quantitative estimate of drug-likeness (QED) is 0.818. The van der Waals surface area contributed by atoms with Crippen LogP contribution in [0.2, 0.25) is 5.02 Å². The topological polar surface area (TPSA) is 50.4 Å². The van der Waals surface area contributed by atoms with E-state index < -0.39 is 11.7 Å². The van der Waals surface area contributed by atoms with Gasteiger partial charge < -0.3 is 15.4 Å². The summed E-state index contributed by atoms with van der Waals surface area (Å²) in [6.45, 7) is 8.75. The Morgan fingerprint density at radius 3 is 2.65 bits per heavy atom. The summed E-state index contributed by atoms with van der Waals surface area (Å²) in [6.07, 6.45) is -0.394. The molecular weight excluding hydrogens is 276 g/mol. The average molecular weight is 299 g/mol. The summed E-state index contributed by atoms with van der Waals surface area (Å²) < 4.78 is 5.15. The van der Waals surface area contributed by atoms with Gasteiger partial charge in [-0.2, -0.15) is 0 Å². The van der Waals surface area contributed by atoms with E-state index >= 15 is 0 Å². The Kier molecular flexibility index (Phi) is 6.30. The second-order valence-corrected chi connectivity index (χ2v) is 6.10. The Labute approximate surface area is 125 Å². The summed E-state index contributed by atoms with van der Waals surface area (Å²) >= 11 is 5.95. The molecule has 0 saturated carbocycles. The molecule has 20 heavy (non-hydrogen) atoms. The van der Waals surface area contributed by atoms with Crippen molar-refractivity contribution >= 4 is 17.7 Å². The Bertz CT molecular complexity index is 444. The number of ether oxygens (including phenoxy) is 1. The zero-order valence-electron chi connectivity index (χ0n) is 12.5. The van der Waals surface area contributed by atoms with E-state index in [2.05, 4.69) is 17.6 Å². The molecule has 112 valence electrons. The van der Waals surface area contributed by atoms with Crippen LogP contribution in [0.1, 0.15) is 39.3 Å². The van der Waals surface area contributed by atoms with Crippen molar-refractivity contribution in [3.8, 4) is 0 Å². The third kappa shape index (κ3) is 6.78. The van der Waals surface area contributed by atoms with Gasteiger partial charge in [-0.3, -0.25) is 0 Å². The molecule has 1 amide bonds. The van der Waals surface area contributed by atoms with E-state index in [1.54, 1.807) is 0 Å². The van der Waals surface area contributed by atoms with Gasteiger partial charge in [0.1, 0.15) is 5.60 Å².